The van der Waals surface area contributed by atoms with E-state index in [2.05, 4.69) is 44.1 Å². The summed E-state index contributed by atoms with van der Waals surface area (Å²) in [6.45, 7) is 8.15. The molecule has 1 saturated carbocycles. The molecule has 2 heterocycles. The molecule has 2 fully saturated rings. The Morgan fingerprint density at radius 2 is 1.96 bits per heavy atom. The van der Waals surface area contributed by atoms with Gasteiger partial charge >= 0.3 is 0 Å². The number of hydrogen-bond acceptors (Lipinski definition) is 5. The Bertz CT molecular complexity index is 645. The molecule has 1 aromatic carbocycles. The van der Waals surface area contributed by atoms with Gasteiger partial charge in [-0.05, 0) is 50.4 Å². The predicted octanol–water partition coefficient (Wildman–Crippen LogP) is 2.55. The van der Waals surface area contributed by atoms with Crippen molar-refractivity contribution in [3.05, 3.63) is 23.8 Å². The summed E-state index contributed by atoms with van der Waals surface area (Å²) in [4.78, 5) is 2.45. The SMILES string of the molecule is CC(N[C@@H]1CC2(C[C@H]1O)CN(C)C2C(C)C)c1ccc2c(c1)OCO2. The number of nitrogens with zero attached hydrogens (tertiary/aromatic N) is 1. The van der Waals surface area contributed by atoms with Crippen LogP contribution in [-0.4, -0.2) is 48.6 Å². The van der Waals surface area contributed by atoms with E-state index < -0.39 is 0 Å². The van der Waals surface area contributed by atoms with E-state index in [4.69, 9.17) is 9.47 Å². The zero-order valence-electron chi connectivity index (χ0n) is 15.7. The molecule has 0 amide bonds. The molecule has 2 aliphatic heterocycles. The second-order valence-electron chi connectivity index (χ2n) is 8.55. The minimum atomic E-state index is -0.272. The zero-order chi connectivity index (χ0) is 17.8. The topological polar surface area (TPSA) is 54.0 Å². The average Bonchev–Trinajstić information content (AvgIpc) is 3.11. The molecule has 1 aliphatic carbocycles. The fourth-order valence-electron chi connectivity index (χ4n) is 5.62. The number of rotatable bonds is 4. The van der Waals surface area contributed by atoms with Gasteiger partial charge in [-0.25, -0.2) is 0 Å². The number of fused-ring (bicyclic) bond motifs is 1. The summed E-state index contributed by atoms with van der Waals surface area (Å²) in [6, 6.07) is 6.99. The van der Waals surface area contributed by atoms with Crippen molar-refractivity contribution < 1.29 is 14.6 Å². The van der Waals surface area contributed by atoms with Gasteiger partial charge in [0.25, 0.3) is 0 Å². The van der Waals surface area contributed by atoms with Crippen LogP contribution in [0, 0.1) is 11.3 Å². The van der Waals surface area contributed by atoms with Crippen molar-refractivity contribution in [3.8, 4) is 11.5 Å². The van der Waals surface area contributed by atoms with Gasteiger partial charge in [0, 0.05) is 30.1 Å². The first-order valence-corrected chi connectivity index (χ1v) is 9.43. The Morgan fingerprint density at radius 3 is 2.68 bits per heavy atom. The third kappa shape index (κ3) is 2.82. The Kier molecular flexibility index (Phi) is 4.21. The summed E-state index contributed by atoms with van der Waals surface area (Å²) in [5.74, 6) is 2.25. The van der Waals surface area contributed by atoms with Crippen LogP contribution in [0.25, 0.3) is 0 Å². The number of aliphatic hydroxyl groups is 1. The van der Waals surface area contributed by atoms with Crippen LogP contribution in [0.2, 0.25) is 0 Å². The maximum Gasteiger partial charge on any atom is 0.231 e. The van der Waals surface area contributed by atoms with Gasteiger partial charge in [0.15, 0.2) is 11.5 Å². The quantitative estimate of drug-likeness (QED) is 0.877. The first-order valence-electron chi connectivity index (χ1n) is 9.43. The van der Waals surface area contributed by atoms with Crippen LogP contribution in [0.4, 0.5) is 0 Å². The second-order valence-corrected chi connectivity index (χ2v) is 8.55. The fourth-order valence-corrected chi connectivity index (χ4v) is 5.62. The molecule has 2 N–H and O–H groups in total. The molecule has 1 aromatic rings. The van der Waals surface area contributed by atoms with Crippen molar-refractivity contribution in [2.45, 2.75) is 57.8 Å². The predicted molar refractivity (Wildman–Crippen MR) is 96.8 cm³/mol. The van der Waals surface area contributed by atoms with E-state index in [1.165, 1.54) is 5.56 Å². The Labute approximate surface area is 150 Å². The van der Waals surface area contributed by atoms with Crippen molar-refractivity contribution in [2.75, 3.05) is 20.4 Å². The lowest BCUT2D eigenvalue weighted by molar-refractivity contribution is -0.0828. The fraction of sp³-hybridized carbons (Fsp3) is 0.700. The zero-order valence-corrected chi connectivity index (χ0v) is 15.7. The molecule has 4 rings (SSSR count). The van der Waals surface area contributed by atoms with Crippen LogP contribution in [0.15, 0.2) is 18.2 Å². The number of nitrogens with one attached hydrogen (secondary N) is 1. The van der Waals surface area contributed by atoms with E-state index in [1.807, 2.05) is 12.1 Å². The largest absolute Gasteiger partial charge is 0.454 e. The van der Waals surface area contributed by atoms with E-state index in [9.17, 15) is 5.11 Å². The molecular weight excluding hydrogens is 316 g/mol. The van der Waals surface area contributed by atoms with Gasteiger partial charge in [-0.15, -0.1) is 0 Å². The lowest BCUT2D eigenvalue weighted by atomic mass is 9.66. The molecule has 5 nitrogen and oxygen atoms in total. The Hall–Kier alpha value is -1.30. The first kappa shape index (κ1) is 17.1. The molecule has 0 bridgehead atoms. The van der Waals surface area contributed by atoms with Crippen molar-refractivity contribution in [2.24, 2.45) is 11.3 Å². The Balaban J connectivity index is 1.44. The van der Waals surface area contributed by atoms with Crippen LogP contribution in [0.1, 0.15) is 45.2 Å². The van der Waals surface area contributed by atoms with Crippen molar-refractivity contribution >= 4 is 0 Å². The van der Waals surface area contributed by atoms with Gasteiger partial charge in [-0.1, -0.05) is 19.9 Å². The van der Waals surface area contributed by atoms with Gasteiger partial charge in [-0.2, -0.15) is 0 Å². The highest BCUT2D eigenvalue weighted by Gasteiger charge is 2.58. The molecule has 138 valence electrons. The molecule has 3 unspecified atom stereocenters. The van der Waals surface area contributed by atoms with E-state index in [1.54, 1.807) is 0 Å². The molecule has 1 spiro atoms. The highest BCUT2D eigenvalue weighted by molar-refractivity contribution is 5.45. The number of hydrogen-bond donors (Lipinski definition) is 2. The summed E-state index contributed by atoms with van der Waals surface area (Å²) in [6.07, 6.45) is 1.69. The standard InChI is InChI=1S/C20H30N2O3/c1-12(2)19-20(10-22(19)4)8-15(16(23)9-20)21-13(3)14-5-6-17-18(7-14)25-11-24-17/h5-7,12-13,15-16,19,21,23H,8-11H2,1-4H3/t13?,15-,16-,19?,20?/m1/s1. The molecule has 0 radical (unpaired) electrons. The lowest BCUT2D eigenvalue weighted by Crippen LogP contribution is -2.64. The molecule has 3 aliphatic rings. The van der Waals surface area contributed by atoms with Crippen molar-refractivity contribution in [1.29, 1.82) is 0 Å². The molecule has 25 heavy (non-hydrogen) atoms. The number of ether oxygens (including phenoxy) is 2. The van der Waals surface area contributed by atoms with Crippen LogP contribution < -0.4 is 14.8 Å². The van der Waals surface area contributed by atoms with Crippen LogP contribution in [0.3, 0.4) is 0 Å². The monoisotopic (exact) mass is 346 g/mol. The number of likely N-dealkylation sites (tertiary alicyclic amines) is 1. The molecule has 5 heteroatoms. The third-order valence-corrected chi connectivity index (χ3v) is 6.37. The molecule has 5 atom stereocenters. The van der Waals surface area contributed by atoms with Gasteiger partial charge < -0.3 is 24.8 Å². The molecular formula is C20H30N2O3. The van der Waals surface area contributed by atoms with E-state index in [0.717, 1.165) is 30.9 Å². The molecule has 0 aromatic heterocycles. The number of aliphatic hydroxyl groups excluding tert-OH is 1. The minimum absolute atomic E-state index is 0.148. The summed E-state index contributed by atoms with van der Waals surface area (Å²) >= 11 is 0. The summed E-state index contributed by atoms with van der Waals surface area (Å²) in [5, 5.41) is 14.4. The first-order chi connectivity index (χ1) is 11.9. The molecule has 1 saturated heterocycles. The normalized spacial score (nSPS) is 35.4. The summed E-state index contributed by atoms with van der Waals surface area (Å²) in [5.41, 5.74) is 1.44. The van der Waals surface area contributed by atoms with Gasteiger partial charge in [0.1, 0.15) is 0 Å². The van der Waals surface area contributed by atoms with Gasteiger partial charge in [0.2, 0.25) is 6.79 Å². The van der Waals surface area contributed by atoms with E-state index >= 15 is 0 Å². The number of benzene rings is 1. The van der Waals surface area contributed by atoms with Gasteiger partial charge in [0.05, 0.1) is 6.10 Å². The van der Waals surface area contributed by atoms with E-state index in [-0.39, 0.29) is 23.6 Å². The second kappa shape index (κ2) is 6.15. The maximum atomic E-state index is 10.7. The van der Waals surface area contributed by atoms with Gasteiger partial charge in [-0.3, -0.25) is 0 Å². The maximum absolute atomic E-state index is 10.7. The van der Waals surface area contributed by atoms with Crippen molar-refractivity contribution in [1.82, 2.24) is 10.2 Å². The average molecular weight is 346 g/mol. The summed E-state index contributed by atoms with van der Waals surface area (Å²) < 4.78 is 10.9. The Morgan fingerprint density at radius 1 is 1.20 bits per heavy atom. The highest BCUT2D eigenvalue weighted by atomic mass is 16.7. The smallest absolute Gasteiger partial charge is 0.231 e. The summed E-state index contributed by atoms with van der Waals surface area (Å²) in [7, 11) is 2.21. The van der Waals surface area contributed by atoms with Crippen LogP contribution >= 0.6 is 0 Å². The van der Waals surface area contributed by atoms with E-state index in [0.29, 0.717) is 18.8 Å². The minimum Gasteiger partial charge on any atom is -0.454 e. The highest BCUT2D eigenvalue weighted by Crippen LogP contribution is 2.52. The lowest BCUT2D eigenvalue weighted by Gasteiger charge is -2.57. The van der Waals surface area contributed by atoms with Crippen LogP contribution in [0.5, 0.6) is 11.5 Å². The van der Waals surface area contributed by atoms with Crippen LogP contribution in [-0.2, 0) is 0 Å². The van der Waals surface area contributed by atoms with Crippen molar-refractivity contribution in [3.63, 3.8) is 0 Å². The third-order valence-electron chi connectivity index (χ3n) is 6.37.